The third-order valence-corrected chi connectivity index (χ3v) is 6.10. The van der Waals surface area contributed by atoms with E-state index in [-0.39, 0.29) is 5.91 Å². The van der Waals surface area contributed by atoms with Crippen molar-refractivity contribution in [2.45, 2.75) is 12.8 Å². The number of hydrogen-bond donors (Lipinski definition) is 1. The number of aryl methyl sites for hydroxylation is 1. The van der Waals surface area contributed by atoms with Crippen LogP contribution in [0.5, 0.6) is 0 Å². The topological polar surface area (TPSA) is 63.1 Å². The summed E-state index contributed by atoms with van der Waals surface area (Å²) >= 11 is 5.12. The standard InChI is InChI=1S/C18H20BrN5OS/c1-23-16(14-5-4-13(19)9-15(14)22-23)17(25)21-10-12-3-2-7-24(11-12)18-20-6-8-26-18/h4-6,8-9,12H,2-3,7,10-11H2,1H3,(H,21,25). The Morgan fingerprint density at radius 1 is 1.46 bits per heavy atom. The van der Waals surface area contributed by atoms with Crippen LogP contribution in [0.3, 0.4) is 0 Å². The normalized spacial score (nSPS) is 17.6. The fourth-order valence-electron chi connectivity index (χ4n) is 3.54. The van der Waals surface area contributed by atoms with Crippen LogP contribution >= 0.6 is 27.3 Å². The molecule has 1 saturated heterocycles. The fourth-order valence-corrected chi connectivity index (χ4v) is 4.57. The van der Waals surface area contributed by atoms with Gasteiger partial charge in [0.15, 0.2) is 5.13 Å². The van der Waals surface area contributed by atoms with Gasteiger partial charge in [0.2, 0.25) is 0 Å². The third kappa shape index (κ3) is 3.48. The van der Waals surface area contributed by atoms with E-state index in [1.807, 2.05) is 36.8 Å². The number of piperidine rings is 1. The summed E-state index contributed by atoms with van der Waals surface area (Å²) in [4.78, 5) is 19.5. The lowest BCUT2D eigenvalue weighted by molar-refractivity contribution is 0.0938. The highest BCUT2D eigenvalue weighted by Crippen LogP contribution is 2.25. The van der Waals surface area contributed by atoms with Crippen molar-refractivity contribution in [2.75, 3.05) is 24.5 Å². The zero-order valence-corrected chi connectivity index (χ0v) is 16.9. The Morgan fingerprint density at radius 3 is 3.15 bits per heavy atom. The number of amides is 1. The minimum atomic E-state index is -0.0660. The number of anilines is 1. The first-order valence-corrected chi connectivity index (χ1v) is 10.3. The van der Waals surface area contributed by atoms with Gasteiger partial charge in [-0.15, -0.1) is 11.3 Å². The van der Waals surface area contributed by atoms with Crippen LogP contribution in [0, 0.1) is 5.92 Å². The first-order valence-electron chi connectivity index (χ1n) is 8.66. The largest absolute Gasteiger partial charge is 0.350 e. The van der Waals surface area contributed by atoms with Crippen LogP contribution in [0.15, 0.2) is 34.2 Å². The van der Waals surface area contributed by atoms with E-state index in [9.17, 15) is 4.79 Å². The first kappa shape index (κ1) is 17.5. The lowest BCUT2D eigenvalue weighted by Gasteiger charge is -2.32. The predicted octanol–water partition coefficient (Wildman–Crippen LogP) is 3.44. The molecule has 1 aliphatic rings. The summed E-state index contributed by atoms with van der Waals surface area (Å²) < 4.78 is 2.62. The Labute approximate surface area is 164 Å². The van der Waals surface area contributed by atoms with Crippen LogP contribution in [0.4, 0.5) is 5.13 Å². The molecule has 1 fully saturated rings. The summed E-state index contributed by atoms with van der Waals surface area (Å²) in [5.41, 5.74) is 1.43. The van der Waals surface area contributed by atoms with Gasteiger partial charge in [0.1, 0.15) is 5.69 Å². The molecule has 1 aromatic carbocycles. The van der Waals surface area contributed by atoms with Gasteiger partial charge in [0.25, 0.3) is 5.91 Å². The number of benzene rings is 1. The zero-order valence-electron chi connectivity index (χ0n) is 14.5. The second-order valence-corrected chi connectivity index (χ2v) is 8.40. The van der Waals surface area contributed by atoms with E-state index in [2.05, 4.69) is 36.2 Å². The third-order valence-electron chi connectivity index (χ3n) is 4.77. The summed E-state index contributed by atoms with van der Waals surface area (Å²) in [6.07, 6.45) is 4.10. The van der Waals surface area contributed by atoms with Gasteiger partial charge < -0.3 is 10.2 Å². The number of thiazole rings is 1. The molecule has 136 valence electrons. The molecule has 1 amide bonds. The van der Waals surface area contributed by atoms with Gasteiger partial charge in [-0.25, -0.2) is 4.98 Å². The van der Waals surface area contributed by atoms with E-state index < -0.39 is 0 Å². The van der Waals surface area contributed by atoms with Crippen LogP contribution in [-0.2, 0) is 7.05 Å². The number of aromatic nitrogens is 3. The van der Waals surface area contributed by atoms with Crippen LogP contribution in [0.25, 0.3) is 10.9 Å². The molecule has 3 heterocycles. The quantitative estimate of drug-likeness (QED) is 0.684. The van der Waals surface area contributed by atoms with Gasteiger partial charge in [0, 0.05) is 48.1 Å². The maximum absolute atomic E-state index is 12.8. The molecule has 0 aliphatic carbocycles. The second kappa shape index (κ2) is 7.36. The zero-order chi connectivity index (χ0) is 18.1. The van der Waals surface area contributed by atoms with Crippen molar-refractivity contribution in [1.29, 1.82) is 0 Å². The molecule has 1 N–H and O–H groups in total. The lowest BCUT2D eigenvalue weighted by atomic mass is 9.98. The smallest absolute Gasteiger partial charge is 0.270 e. The summed E-state index contributed by atoms with van der Waals surface area (Å²) in [5, 5.41) is 11.5. The van der Waals surface area contributed by atoms with E-state index in [1.165, 1.54) is 0 Å². The molecule has 0 bridgehead atoms. The van der Waals surface area contributed by atoms with E-state index in [4.69, 9.17) is 0 Å². The average Bonchev–Trinajstić information content (AvgIpc) is 3.27. The minimum absolute atomic E-state index is 0.0660. The Kier molecular flexibility index (Phi) is 4.95. The van der Waals surface area contributed by atoms with E-state index in [0.717, 1.165) is 46.4 Å². The molecule has 1 unspecified atom stereocenters. The van der Waals surface area contributed by atoms with E-state index in [0.29, 0.717) is 18.2 Å². The molecule has 2 aromatic heterocycles. The first-order chi connectivity index (χ1) is 12.6. The fraction of sp³-hybridized carbons (Fsp3) is 0.389. The van der Waals surface area contributed by atoms with E-state index >= 15 is 0 Å². The predicted molar refractivity (Wildman–Crippen MR) is 108 cm³/mol. The molecule has 1 atom stereocenters. The Bertz CT molecular complexity index is 923. The van der Waals surface area contributed by atoms with E-state index in [1.54, 1.807) is 16.0 Å². The van der Waals surface area contributed by atoms with Crippen molar-refractivity contribution in [2.24, 2.45) is 13.0 Å². The number of halogens is 1. The van der Waals surface area contributed by atoms with Gasteiger partial charge in [0.05, 0.1) is 5.52 Å². The van der Waals surface area contributed by atoms with Gasteiger partial charge in [-0.05, 0) is 37.0 Å². The average molecular weight is 434 g/mol. The molecule has 0 radical (unpaired) electrons. The van der Waals surface area contributed by atoms with Gasteiger partial charge in [-0.3, -0.25) is 9.48 Å². The maximum atomic E-state index is 12.8. The number of nitrogens with zero attached hydrogens (tertiary/aromatic N) is 4. The van der Waals surface area contributed by atoms with Gasteiger partial charge in [-0.1, -0.05) is 15.9 Å². The summed E-state index contributed by atoms with van der Waals surface area (Å²) in [6.45, 7) is 2.65. The van der Waals surface area contributed by atoms with Gasteiger partial charge in [-0.2, -0.15) is 5.10 Å². The maximum Gasteiger partial charge on any atom is 0.270 e. The number of hydrogen-bond acceptors (Lipinski definition) is 5. The molecule has 8 heteroatoms. The molecule has 0 saturated carbocycles. The number of carbonyl (C=O) groups excluding carboxylic acids is 1. The number of carbonyl (C=O) groups is 1. The molecule has 1 aliphatic heterocycles. The van der Waals surface area contributed by atoms with Crippen molar-refractivity contribution in [3.63, 3.8) is 0 Å². The van der Waals surface area contributed by atoms with Crippen molar-refractivity contribution < 1.29 is 4.79 Å². The number of fused-ring (bicyclic) bond motifs is 1. The number of rotatable bonds is 4. The molecular weight excluding hydrogens is 414 g/mol. The molecule has 26 heavy (non-hydrogen) atoms. The van der Waals surface area contributed by atoms with Crippen LogP contribution < -0.4 is 10.2 Å². The molecule has 4 rings (SSSR count). The van der Waals surface area contributed by atoms with Crippen molar-refractivity contribution >= 4 is 49.2 Å². The van der Waals surface area contributed by atoms with Crippen LogP contribution in [0.2, 0.25) is 0 Å². The van der Waals surface area contributed by atoms with Crippen molar-refractivity contribution in [3.8, 4) is 0 Å². The highest BCUT2D eigenvalue weighted by Gasteiger charge is 2.23. The van der Waals surface area contributed by atoms with Crippen molar-refractivity contribution in [3.05, 3.63) is 39.9 Å². The summed E-state index contributed by atoms with van der Waals surface area (Å²) in [6, 6.07) is 5.80. The molecule has 3 aromatic rings. The van der Waals surface area contributed by atoms with Gasteiger partial charge >= 0.3 is 0 Å². The van der Waals surface area contributed by atoms with Crippen LogP contribution in [-0.4, -0.2) is 40.3 Å². The molecular formula is C18H20BrN5OS. The monoisotopic (exact) mass is 433 g/mol. The summed E-state index contributed by atoms with van der Waals surface area (Å²) in [7, 11) is 1.81. The summed E-state index contributed by atoms with van der Waals surface area (Å²) in [5.74, 6) is 0.369. The highest BCUT2D eigenvalue weighted by atomic mass is 79.9. The van der Waals surface area contributed by atoms with Crippen LogP contribution in [0.1, 0.15) is 23.3 Å². The second-order valence-electron chi connectivity index (χ2n) is 6.61. The Hall–Kier alpha value is -1.93. The van der Waals surface area contributed by atoms with Crippen molar-refractivity contribution in [1.82, 2.24) is 20.1 Å². The molecule has 6 nitrogen and oxygen atoms in total. The number of nitrogens with one attached hydrogen (secondary N) is 1. The Balaban J connectivity index is 1.43. The Morgan fingerprint density at radius 2 is 2.35 bits per heavy atom. The minimum Gasteiger partial charge on any atom is -0.350 e. The molecule has 0 spiro atoms. The SMILES string of the molecule is Cn1nc2cc(Br)ccc2c1C(=O)NCC1CCCN(c2nccs2)C1. The lowest BCUT2D eigenvalue weighted by Crippen LogP contribution is -2.41. The highest BCUT2D eigenvalue weighted by molar-refractivity contribution is 9.10.